The van der Waals surface area contributed by atoms with Crippen molar-refractivity contribution >= 4 is 39.1 Å². The van der Waals surface area contributed by atoms with Crippen molar-refractivity contribution in [2.45, 2.75) is 23.1 Å². The van der Waals surface area contributed by atoms with Gasteiger partial charge in [-0.25, -0.2) is 8.42 Å². The van der Waals surface area contributed by atoms with E-state index in [1.807, 2.05) is 31.2 Å². The van der Waals surface area contributed by atoms with Gasteiger partial charge in [0.1, 0.15) is 5.75 Å². The maximum Gasteiger partial charge on any atom is 0.262 e. The standard InChI is InChI=1S/C23H24N2O4S2/c1-17-7-11-19(12-8-17)30-16-15-23(26)24-18-9-13-20(14-10-18)31(27,28)25-21-5-3-4-6-22(21)29-2/h3-14,25H,15-16H2,1-2H3,(H,24,26). The number of nitrogens with one attached hydrogen (secondary N) is 2. The Morgan fingerprint density at radius 2 is 1.65 bits per heavy atom. The summed E-state index contributed by atoms with van der Waals surface area (Å²) in [6, 6.07) is 21.0. The molecule has 1 amide bonds. The molecule has 0 aliphatic heterocycles. The number of carbonyl (C=O) groups excluding carboxylic acids is 1. The molecular formula is C23H24N2O4S2. The number of sulfonamides is 1. The number of methoxy groups -OCH3 is 1. The molecule has 6 nitrogen and oxygen atoms in total. The van der Waals surface area contributed by atoms with Crippen molar-refractivity contribution in [2.75, 3.05) is 22.9 Å². The monoisotopic (exact) mass is 456 g/mol. The van der Waals surface area contributed by atoms with Crippen molar-refractivity contribution in [3.8, 4) is 5.75 Å². The van der Waals surface area contributed by atoms with E-state index in [1.165, 1.54) is 24.8 Å². The normalized spacial score (nSPS) is 11.0. The van der Waals surface area contributed by atoms with Crippen molar-refractivity contribution in [1.29, 1.82) is 0 Å². The third-order valence-electron chi connectivity index (χ3n) is 4.42. The SMILES string of the molecule is COc1ccccc1NS(=O)(=O)c1ccc(NC(=O)CCSc2ccc(C)cc2)cc1. The van der Waals surface area contributed by atoms with Crippen LogP contribution in [0, 0.1) is 6.92 Å². The van der Waals surface area contributed by atoms with Crippen LogP contribution in [0.15, 0.2) is 82.6 Å². The van der Waals surface area contributed by atoms with Gasteiger partial charge in [0, 0.05) is 22.8 Å². The number of thioether (sulfide) groups is 1. The number of benzene rings is 3. The lowest BCUT2D eigenvalue weighted by molar-refractivity contribution is -0.115. The summed E-state index contributed by atoms with van der Waals surface area (Å²) in [5.41, 5.74) is 2.10. The molecule has 0 radical (unpaired) electrons. The summed E-state index contributed by atoms with van der Waals surface area (Å²) in [4.78, 5) is 13.4. The number of hydrogen-bond donors (Lipinski definition) is 2. The summed E-state index contributed by atoms with van der Waals surface area (Å²) in [7, 11) is -2.31. The summed E-state index contributed by atoms with van der Waals surface area (Å²) in [5.74, 6) is 0.963. The van der Waals surface area contributed by atoms with Gasteiger partial charge in [-0.1, -0.05) is 29.8 Å². The quantitative estimate of drug-likeness (QED) is 0.446. The van der Waals surface area contributed by atoms with E-state index in [0.717, 1.165) is 4.90 Å². The Balaban J connectivity index is 1.55. The lowest BCUT2D eigenvalue weighted by atomic mass is 10.2. The first-order chi connectivity index (χ1) is 14.9. The van der Waals surface area contributed by atoms with Gasteiger partial charge in [0.05, 0.1) is 17.7 Å². The molecule has 0 saturated carbocycles. The Labute approximate surface area is 187 Å². The predicted octanol–water partition coefficient (Wildman–Crippen LogP) is 4.93. The fraction of sp³-hybridized carbons (Fsp3) is 0.174. The lowest BCUT2D eigenvalue weighted by Crippen LogP contribution is -2.14. The molecule has 31 heavy (non-hydrogen) atoms. The number of anilines is 2. The summed E-state index contributed by atoms with van der Waals surface area (Å²) >= 11 is 1.62. The van der Waals surface area contributed by atoms with E-state index in [1.54, 1.807) is 48.2 Å². The molecule has 0 aliphatic rings. The molecule has 0 atom stereocenters. The summed E-state index contributed by atoms with van der Waals surface area (Å²) in [6.07, 6.45) is 0.355. The van der Waals surface area contributed by atoms with Gasteiger partial charge in [0.15, 0.2) is 0 Å². The van der Waals surface area contributed by atoms with Gasteiger partial charge in [0.25, 0.3) is 10.0 Å². The molecule has 0 bridgehead atoms. The van der Waals surface area contributed by atoms with Crippen molar-refractivity contribution < 1.29 is 17.9 Å². The van der Waals surface area contributed by atoms with Crippen LogP contribution < -0.4 is 14.8 Å². The second-order valence-electron chi connectivity index (χ2n) is 6.79. The average molecular weight is 457 g/mol. The van der Waals surface area contributed by atoms with E-state index in [9.17, 15) is 13.2 Å². The predicted molar refractivity (Wildman–Crippen MR) is 125 cm³/mol. The van der Waals surface area contributed by atoms with Gasteiger partial charge >= 0.3 is 0 Å². The minimum Gasteiger partial charge on any atom is -0.495 e. The van der Waals surface area contributed by atoms with Crippen LogP contribution in [0.3, 0.4) is 0 Å². The largest absolute Gasteiger partial charge is 0.495 e. The highest BCUT2D eigenvalue weighted by Gasteiger charge is 2.16. The van der Waals surface area contributed by atoms with Gasteiger partial charge in [-0.2, -0.15) is 0 Å². The molecule has 162 valence electrons. The molecule has 0 unspecified atom stereocenters. The molecule has 3 aromatic carbocycles. The van der Waals surface area contributed by atoms with Crippen LogP contribution >= 0.6 is 11.8 Å². The fourth-order valence-electron chi connectivity index (χ4n) is 2.77. The number of para-hydroxylation sites is 2. The van der Waals surface area contributed by atoms with Gasteiger partial charge < -0.3 is 10.1 Å². The molecule has 3 aromatic rings. The van der Waals surface area contributed by atoms with Crippen molar-refractivity contribution in [3.63, 3.8) is 0 Å². The molecule has 0 fully saturated rings. The number of rotatable bonds is 9. The van der Waals surface area contributed by atoms with Gasteiger partial charge in [-0.3, -0.25) is 9.52 Å². The molecule has 8 heteroatoms. The Bertz CT molecular complexity index is 1130. The van der Waals surface area contributed by atoms with Gasteiger partial charge in [-0.05, 0) is 55.5 Å². The zero-order chi connectivity index (χ0) is 22.3. The lowest BCUT2D eigenvalue weighted by Gasteiger charge is -2.12. The molecule has 0 aliphatic carbocycles. The minimum atomic E-state index is -3.79. The Morgan fingerprint density at radius 3 is 2.32 bits per heavy atom. The third kappa shape index (κ3) is 6.50. The zero-order valence-electron chi connectivity index (χ0n) is 17.3. The molecule has 2 N–H and O–H groups in total. The Hall–Kier alpha value is -2.97. The summed E-state index contributed by atoms with van der Waals surface area (Å²) in [6.45, 7) is 2.03. The van der Waals surface area contributed by atoms with E-state index in [-0.39, 0.29) is 10.8 Å². The summed E-state index contributed by atoms with van der Waals surface area (Å²) in [5, 5.41) is 2.80. The first-order valence-corrected chi connectivity index (χ1v) is 12.1. The van der Waals surface area contributed by atoms with E-state index in [0.29, 0.717) is 29.3 Å². The first-order valence-electron chi connectivity index (χ1n) is 9.62. The van der Waals surface area contributed by atoms with E-state index < -0.39 is 10.0 Å². The maximum atomic E-state index is 12.6. The molecule has 0 spiro atoms. The number of ether oxygens (including phenoxy) is 1. The first kappa shape index (κ1) is 22.7. The number of hydrogen-bond acceptors (Lipinski definition) is 5. The van der Waals surface area contributed by atoms with Crippen LogP contribution in [0.4, 0.5) is 11.4 Å². The van der Waals surface area contributed by atoms with Crippen LogP contribution in [0.2, 0.25) is 0 Å². The van der Waals surface area contributed by atoms with Crippen molar-refractivity contribution in [2.24, 2.45) is 0 Å². The highest BCUT2D eigenvalue weighted by Crippen LogP contribution is 2.26. The second kappa shape index (κ2) is 10.4. The molecule has 0 heterocycles. The fourth-order valence-corrected chi connectivity index (χ4v) is 4.69. The average Bonchev–Trinajstić information content (AvgIpc) is 2.75. The zero-order valence-corrected chi connectivity index (χ0v) is 18.9. The van der Waals surface area contributed by atoms with Gasteiger partial charge in [-0.15, -0.1) is 11.8 Å². The van der Waals surface area contributed by atoms with Crippen LogP contribution in [-0.4, -0.2) is 27.2 Å². The van der Waals surface area contributed by atoms with Crippen LogP contribution in [0.5, 0.6) is 5.75 Å². The second-order valence-corrected chi connectivity index (χ2v) is 9.64. The van der Waals surface area contributed by atoms with Crippen molar-refractivity contribution in [1.82, 2.24) is 0 Å². The number of aryl methyl sites for hydroxylation is 1. The van der Waals surface area contributed by atoms with Crippen molar-refractivity contribution in [3.05, 3.63) is 78.4 Å². The van der Waals surface area contributed by atoms with Crippen LogP contribution in [0.1, 0.15) is 12.0 Å². The molecule has 0 aromatic heterocycles. The molecular weight excluding hydrogens is 432 g/mol. The van der Waals surface area contributed by atoms with Crippen LogP contribution in [-0.2, 0) is 14.8 Å². The number of carbonyl (C=O) groups is 1. The Morgan fingerprint density at radius 1 is 0.968 bits per heavy atom. The maximum absolute atomic E-state index is 12.6. The third-order valence-corrected chi connectivity index (χ3v) is 6.81. The highest BCUT2D eigenvalue weighted by atomic mass is 32.2. The van der Waals surface area contributed by atoms with E-state index in [4.69, 9.17) is 4.74 Å². The van der Waals surface area contributed by atoms with E-state index >= 15 is 0 Å². The molecule has 0 saturated heterocycles. The Kier molecular flexibility index (Phi) is 7.59. The topological polar surface area (TPSA) is 84.5 Å². The van der Waals surface area contributed by atoms with Gasteiger partial charge in [0.2, 0.25) is 5.91 Å². The smallest absolute Gasteiger partial charge is 0.262 e. The molecule has 3 rings (SSSR count). The number of amides is 1. The van der Waals surface area contributed by atoms with Crippen LogP contribution in [0.25, 0.3) is 0 Å². The summed E-state index contributed by atoms with van der Waals surface area (Å²) < 4.78 is 33.0. The van der Waals surface area contributed by atoms with E-state index in [2.05, 4.69) is 10.0 Å². The minimum absolute atomic E-state index is 0.0892. The highest BCUT2D eigenvalue weighted by molar-refractivity contribution is 7.99.